The Hall–Kier alpha value is -4.39. The first-order valence-electron chi connectivity index (χ1n) is 13.5. The lowest BCUT2D eigenvalue weighted by Gasteiger charge is -2.37. The van der Waals surface area contributed by atoms with Gasteiger partial charge in [0.15, 0.2) is 6.29 Å². The van der Waals surface area contributed by atoms with Crippen molar-refractivity contribution in [2.75, 3.05) is 11.5 Å². The molecule has 1 aliphatic heterocycles. The molecular formula is C34H33NO5. The number of benzene rings is 4. The number of carboxylic acids is 1. The number of aromatic hydroxyl groups is 1. The Labute approximate surface area is 234 Å². The predicted octanol–water partition coefficient (Wildman–Crippen LogP) is 8.08. The third-order valence-corrected chi connectivity index (χ3v) is 6.99. The number of aliphatic carboxylic acids is 1. The second-order valence-electron chi connectivity index (χ2n) is 9.78. The van der Waals surface area contributed by atoms with Crippen LogP contribution in [0.1, 0.15) is 42.8 Å². The number of phenols is 1. The number of allylic oxidation sites excluding steroid dienone is 2. The molecule has 204 valence electrons. The number of phenolic OH excluding ortho intramolecular Hbond substituents is 1. The highest BCUT2D eigenvalue weighted by Crippen LogP contribution is 2.43. The van der Waals surface area contributed by atoms with Gasteiger partial charge in [-0.15, -0.1) is 0 Å². The zero-order valence-electron chi connectivity index (χ0n) is 22.2. The highest BCUT2D eigenvalue weighted by atomic mass is 16.7. The number of hydrogen-bond acceptors (Lipinski definition) is 5. The minimum atomic E-state index is -0.814. The number of carbonyl (C=O) groups is 1. The lowest BCUT2D eigenvalue weighted by atomic mass is 9.91. The molecule has 6 nitrogen and oxygen atoms in total. The van der Waals surface area contributed by atoms with Crippen LogP contribution >= 0.6 is 0 Å². The minimum absolute atomic E-state index is 0.0310. The molecule has 5 rings (SSSR count). The highest BCUT2D eigenvalue weighted by molar-refractivity contribution is 5.76. The van der Waals surface area contributed by atoms with Crippen LogP contribution in [-0.2, 0) is 14.3 Å². The maximum Gasteiger partial charge on any atom is 0.303 e. The Morgan fingerprint density at radius 2 is 1.40 bits per heavy atom. The molecule has 1 heterocycles. The van der Waals surface area contributed by atoms with Gasteiger partial charge in [0.25, 0.3) is 0 Å². The molecule has 0 bridgehead atoms. The summed E-state index contributed by atoms with van der Waals surface area (Å²) >= 11 is 0. The molecule has 4 aromatic carbocycles. The number of rotatable bonds is 10. The number of nitrogens with zero attached hydrogens (tertiary/aromatic N) is 1. The molecule has 0 radical (unpaired) electrons. The van der Waals surface area contributed by atoms with E-state index in [9.17, 15) is 9.90 Å². The standard InChI is InChI=1S/C34H33NO5/c36-31-18-11-10-17-30(31)33-26(12-4-1-9-19-32(37)38)24-39-34(40-33)25-20-22-29(23-21-25)35(27-13-5-2-6-14-27)28-15-7-3-8-16-28/h1-8,10-11,13-18,20-23,26,33-34,36H,9,12,19,24H2,(H,37,38)/t26-,33+,34?/m1/s1. The van der Waals surface area contributed by atoms with Gasteiger partial charge in [-0.05, 0) is 55.3 Å². The van der Waals surface area contributed by atoms with E-state index in [-0.39, 0.29) is 24.2 Å². The summed E-state index contributed by atoms with van der Waals surface area (Å²) < 4.78 is 12.7. The SMILES string of the molecule is O=C(O)CCC=CC[C@@H]1COC(c2ccc(N(c3ccccc3)c3ccccc3)cc2)O[C@@H]1c1ccccc1O. The topological polar surface area (TPSA) is 79.2 Å². The number of ether oxygens (including phenoxy) is 2. The monoisotopic (exact) mass is 535 g/mol. The Morgan fingerprint density at radius 1 is 0.800 bits per heavy atom. The van der Waals surface area contributed by atoms with Crippen molar-refractivity contribution >= 4 is 23.0 Å². The lowest BCUT2D eigenvalue weighted by Crippen LogP contribution is -2.30. The Morgan fingerprint density at radius 3 is 2.02 bits per heavy atom. The molecule has 3 atom stereocenters. The van der Waals surface area contributed by atoms with Gasteiger partial charge in [-0.2, -0.15) is 0 Å². The normalized spacial score (nSPS) is 18.9. The van der Waals surface area contributed by atoms with Gasteiger partial charge in [-0.3, -0.25) is 4.79 Å². The van der Waals surface area contributed by atoms with Gasteiger partial charge in [-0.1, -0.05) is 78.9 Å². The molecule has 2 N–H and O–H groups in total. The Balaban J connectivity index is 1.36. The van der Waals surface area contributed by atoms with Crippen LogP contribution in [0.5, 0.6) is 5.75 Å². The van der Waals surface area contributed by atoms with Crippen LogP contribution in [0.25, 0.3) is 0 Å². The fourth-order valence-electron chi connectivity index (χ4n) is 4.98. The van der Waals surface area contributed by atoms with Crippen LogP contribution in [0.3, 0.4) is 0 Å². The van der Waals surface area contributed by atoms with Gasteiger partial charge in [0.2, 0.25) is 0 Å². The average Bonchev–Trinajstić information content (AvgIpc) is 2.99. The van der Waals surface area contributed by atoms with Crippen LogP contribution in [0.2, 0.25) is 0 Å². The molecule has 1 saturated heterocycles. The van der Waals surface area contributed by atoms with Gasteiger partial charge in [0.1, 0.15) is 5.75 Å². The van der Waals surface area contributed by atoms with Crippen molar-refractivity contribution in [1.29, 1.82) is 0 Å². The quantitative estimate of drug-likeness (QED) is 0.200. The molecule has 6 heteroatoms. The summed E-state index contributed by atoms with van der Waals surface area (Å²) in [6.45, 7) is 0.439. The maximum atomic E-state index is 10.8. The summed E-state index contributed by atoms with van der Waals surface area (Å²) in [5.41, 5.74) is 4.74. The summed E-state index contributed by atoms with van der Waals surface area (Å²) in [6.07, 6.45) is 4.11. The van der Waals surface area contributed by atoms with E-state index >= 15 is 0 Å². The molecule has 1 fully saturated rings. The molecule has 0 saturated carbocycles. The molecule has 0 amide bonds. The zero-order valence-corrected chi connectivity index (χ0v) is 22.2. The maximum absolute atomic E-state index is 10.8. The van der Waals surface area contributed by atoms with E-state index in [0.717, 1.165) is 28.2 Å². The molecule has 1 aliphatic rings. The molecule has 40 heavy (non-hydrogen) atoms. The predicted molar refractivity (Wildman–Crippen MR) is 156 cm³/mol. The van der Waals surface area contributed by atoms with Crippen molar-refractivity contribution in [2.45, 2.75) is 31.7 Å². The van der Waals surface area contributed by atoms with Gasteiger partial charge in [0.05, 0.1) is 12.7 Å². The smallest absolute Gasteiger partial charge is 0.303 e. The van der Waals surface area contributed by atoms with Crippen molar-refractivity contribution in [1.82, 2.24) is 0 Å². The van der Waals surface area contributed by atoms with E-state index in [2.05, 4.69) is 41.3 Å². The van der Waals surface area contributed by atoms with Crippen LogP contribution in [0, 0.1) is 5.92 Å². The van der Waals surface area contributed by atoms with E-state index in [1.807, 2.05) is 72.8 Å². The van der Waals surface area contributed by atoms with Crippen molar-refractivity contribution in [3.63, 3.8) is 0 Å². The summed E-state index contributed by atoms with van der Waals surface area (Å²) in [4.78, 5) is 13.0. The van der Waals surface area contributed by atoms with Gasteiger partial charge in [-0.25, -0.2) is 0 Å². The van der Waals surface area contributed by atoms with E-state index in [1.54, 1.807) is 12.1 Å². The minimum Gasteiger partial charge on any atom is -0.508 e. The first kappa shape index (κ1) is 27.2. The van der Waals surface area contributed by atoms with Crippen LogP contribution < -0.4 is 4.90 Å². The summed E-state index contributed by atoms with van der Waals surface area (Å²) in [6, 6.07) is 35.9. The van der Waals surface area contributed by atoms with Crippen molar-refractivity contribution in [3.8, 4) is 5.75 Å². The second kappa shape index (κ2) is 13.1. The lowest BCUT2D eigenvalue weighted by molar-refractivity contribution is -0.244. The number of anilines is 3. The summed E-state index contributed by atoms with van der Waals surface area (Å²) in [5.74, 6) is -0.660. The zero-order chi connectivity index (χ0) is 27.7. The third-order valence-electron chi connectivity index (χ3n) is 6.99. The van der Waals surface area contributed by atoms with Crippen molar-refractivity contribution < 1.29 is 24.5 Å². The van der Waals surface area contributed by atoms with Gasteiger partial charge in [0, 0.05) is 40.5 Å². The fraction of sp³-hybridized carbons (Fsp3) is 0.206. The van der Waals surface area contributed by atoms with Crippen molar-refractivity contribution in [2.24, 2.45) is 5.92 Å². The van der Waals surface area contributed by atoms with E-state index in [4.69, 9.17) is 14.6 Å². The van der Waals surface area contributed by atoms with E-state index in [1.165, 1.54) is 0 Å². The van der Waals surface area contributed by atoms with Gasteiger partial charge >= 0.3 is 5.97 Å². The molecule has 4 aromatic rings. The highest BCUT2D eigenvalue weighted by Gasteiger charge is 2.34. The summed E-state index contributed by atoms with van der Waals surface area (Å²) in [5, 5.41) is 19.5. The van der Waals surface area contributed by atoms with Gasteiger partial charge < -0.3 is 24.6 Å². The van der Waals surface area contributed by atoms with Crippen LogP contribution in [0.15, 0.2) is 121 Å². The Kier molecular flexibility index (Phi) is 8.91. The van der Waals surface area contributed by atoms with Crippen LogP contribution in [-0.4, -0.2) is 22.8 Å². The third kappa shape index (κ3) is 6.60. The van der Waals surface area contributed by atoms with E-state index < -0.39 is 12.3 Å². The molecular weight excluding hydrogens is 502 g/mol. The first-order valence-corrected chi connectivity index (χ1v) is 13.5. The second-order valence-corrected chi connectivity index (χ2v) is 9.78. The number of carboxylic acid groups (broad SMARTS) is 1. The molecule has 0 aromatic heterocycles. The van der Waals surface area contributed by atoms with E-state index in [0.29, 0.717) is 19.4 Å². The first-order chi connectivity index (χ1) is 19.6. The largest absolute Gasteiger partial charge is 0.508 e. The average molecular weight is 536 g/mol. The summed E-state index contributed by atoms with van der Waals surface area (Å²) in [7, 11) is 0. The molecule has 0 spiro atoms. The number of hydrogen-bond donors (Lipinski definition) is 2. The molecule has 0 aliphatic carbocycles. The van der Waals surface area contributed by atoms with Crippen molar-refractivity contribution in [3.05, 3.63) is 132 Å². The molecule has 1 unspecified atom stereocenters. The number of para-hydroxylation sites is 3. The fourth-order valence-corrected chi connectivity index (χ4v) is 4.98. The van der Waals surface area contributed by atoms with Crippen LogP contribution in [0.4, 0.5) is 17.1 Å². The Bertz CT molecular complexity index is 1370.